The molecule has 1 fully saturated rings. The van der Waals surface area contributed by atoms with Crippen LogP contribution >= 0.6 is 11.6 Å². The summed E-state index contributed by atoms with van der Waals surface area (Å²) in [5.41, 5.74) is 7.74. The number of methoxy groups -OCH3 is 1. The zero-order valence-electron chi connectivity index (χ0n) is 9.96. The van der Waals surface area contributed by atoms with Gasteiger partial charge >= 0.3 is 0 Å². The first-order valence-corrected chi connectivity index (χ1v) is 5.92. The van der Waals surface area contributed by atoms with Crippen LogP contribution in [-0.2, 0) is 0 Å². The average molecular weight is 240 g/mol. The predicted octanol–water partition coefficient (Wildman–Crippen LogP) is 3.39. The highest BCUT2D eigenvalue weighted by Gasteiger charge is 2.49. The van der Waals surface area contributed by atoms with Gasteiger partial charge in [0.05, 0.1) is 12.1 Å². The molecule has 1 aliphatic rings. The minimum atomic E-state index is 0.0844. The molecule has 2 rings (SSSR count). The summed E-state index contributed by atoms with van der Waals surface area (Å²) >= 11 is 5.99. The van der Waals surface area contributed by atoms with Crippen molar-refractivity contribution in [2.24, 2.45) is 17.1 Å². The first-order chi connectivity index (χ1) is 7.45. The molecular formula is C13H18ClNO. The molecule has 1 aliphatic carbocycles. The molecule has 2 unspecified atom stereocenters. The first-order valence-electron chi connectivity index (χ1n) is 5.55. The van der Waals surface area contributed by atoms with Crippen molar-refractivity contribution in [3.05, 3.63) is 28.8 Å². The van der Waals surface area contributed by atoms with Gasteiger partial charge in [0, 0.05) is 6.04 Å². The minimum Gasteiger partial charge on any atom is -0.495 e. The Morgan fingerprint density at radius 1 is 1.50 bits per heavy atom. The normalized spacial score (nSPS) is 23.9. The molecule has 2 atom stereocenters. The molecule has 3 heteroatoms. The van der Waals surface area contributed by atoms with E-state index in [0.29, 0.717) is 22.1 Å². The highest BCUT2D eigenvalue weighted by atomic mass is 35.5. The fraction of sp³-hybridized carbons (Fsp3) is 0.538. The van der Waals surface area contributed by atoms with Crippen LogP contribution in [-0.4, -0.2) is 7.11 Å². The number of hydrogen-bond acceptors (Lipinski definition) is 2. The molecule has 0 aromatic heterocycles. The molecule has 0 bridgehead atoms. The third-order valence-corrected chi connectivity index (χ3v) is 3.90. The Hall–Kier alpha value is -0.730. The summed E-state index contributed by atoms with van der Waals surface area (Å²) in [6, 6.07) is 5.87. The SMILES string of the molecule is COc1cc(C(N)C2CC2(C)C)ccc1Cl. The second-order valence-electron chi connectivity index (χ2n) is 5.22. The van der Waals surface area contributed by atoms with E-state index in [4.69, 9.17) is 22.1 Å². The Kier molecular flexibility index (Phi) is 2.89. The molecule has 1 aromatic carbocycles. The Labute approximate surface area is 102 Å². The van der Waals surface area contributed by atoms with Crippen LogP contribution in [0.2, 0.25) is 5.02 Å². The van der Waals surface area contributed by atoms with Gasteiger partial charge in [-0.1, -0.05) is 31.5 Å². The summed E-state index contributed by atoms with van der Waals surface area (Å²) in [6.07, 6.45) is 1.19. The van der Waals surface area contributed by atoms with E-state index in [1.807, 2.05) is 18.2 Å². The summed E-state index contributed by atoms with van der Waals surface area (Å²) in [7, 11) is 1.62. The van der Waals surface area contributed by atoms with Crippen molar-refractivity contribution in [1.82, 2.24) is 0 Å². The van der Waals surface area contributed by atoms with Crippen molar-refractivity contribution < 1.29 is 4.74 Å². The average Bonchev–Trinajstić information content (AvgIpc) is 2.87. The molecule has 0 spiro atoms. The smallest absolute Gasteiger partial charge is 0.137 e. The van der Waals surface area contributed by atoms with Crippen molar-refractivity contribution in [3.63, 3.8) is 0 Å². The maximum absolute atomic E-state index is 6.25. The summed E-state index contributed by atoms with van der Waals surface area (Å²) in [6.45, 7) is 4.51. The number of ether oxygens (including phenoxy) is 1. The number of benzene rings is 1. The van der Waals surface area contributed by atoms with E-state index in [1.54, 1.807) is 7.11 Å². The van der Waals surface area contributed by atoms with E-state index in [9.17, 15) is 0 Å². The largest absolute Gasteiger partial charge is 0.495 e. The van der Waals surface area contributed by atoms with E-state index >= 15 is 0 Å². The van der Waals surface area contributed by atoms with Crippen LogP contribution < -0.4 is 10.5 Å². The van der Waals surface area contributed by atoms with Crippen molar-refractivity contribution in [1.29, 1.82) is 0 Å². The van der Waals surface area contributed by atoms with Gasteiger partial charge in [-0.3, -0.25) is 0 Å². The molecule has 0 saturated heterocycles. The molecule has 2 N–H and O–H groups in total. The van der Waals surface area contributed by atoms with Gasteiger partial charge in [-0.05, 0) is 35.4 Å². The Morgan fingerprint density at radius 3 is 2.62 bits per heavy atom. The zero-order chi connectivity index (χ0) is 11.9. The summed E-state index contributed by atoms with van der Waals surface area (Å²) in [5, 5.41) is 0.633. The maximum Gasteiger partial charge on any atom is 0.137 e. The molecule has 1 aromatic rings. The van der Waals surface area contributed by atoms with Crippen LogP contribution in [0.5, 0.6) is 5.75 Å². The third-order valence-electron chi connectivity index (χ3n) is 3.58. The van der Waals surface area contributed by atoms with Crippen molar-refractivity contribution in [3.8, 4) is 5.75 Å². The minimum absolute atomic E-state index is 0.0844. The molecular weight excluding hydrogens is 222 g/mol. The van der Waals surface area contributed by atoms with E-state index in [-0.39, 0.29) is 6.04 Å². The number of nitrogens with two attached hydrogens (primary N) is 1. The zero-order valence-corrected chi connectivity index (χ0v) is 10.7. The number of rotatable bonds is 3. The molecule has 0 radical (unpaired) electrons. The van der Waals surface area contributed by atoms with Crippen molar-refractivity contribution >= 4 is 11.6 Å². The topological polar surface area (TPSA) is 35.2 Å². The number of hydrogen-bond donors (Lipinski definition) is 1. The van der Waals surface area contributed by atoms with Gasteiger partial charge < -0.3 is 10.5 Å². The van der Waals surface area contributed by atoms with Gasteiger partial charge in [0.2, 0.25) is 0 Å². The molecule has 2 nitrogen and oxygen atoms in total. The predicted molar refractivity (Wildman–Crippen MR) is 66.8 cm³/mol. The molecule has 1 saturated carbocycles. The number of halogens is 1. The first kappa shape index (κ1) is 11.7. The van der Waals surface area contributed by atoms with E-state index in [0.717, 1.165) is 5.56 Å². The van der Waals surface area contributed by atoms with Crippen LogP contribution in [0.15, 0.2) is 18.2 Å². The van der Waals surface area contributed by atoms with Crippen LogP contribution in [0.3, 0.4) is 0 Å². The van der Waals surface area contributed by atoms with Crippen molar-refractivity contribution in [2.75, 3.05) is 7.11 Å². The van der Waals surface area contributed by atoms with Crippen LogP contribution in [0.1, 0.15) is 31.9 Å². The second kappa shape index (κ2) is 3.94. The van der Waals surface area contributed by atoms with Crippen molar-refractivity contribution in [2.45, 2.75) is 26.3 Å². The Balaban J connectivity index is 2.21. The third kappa shape index (κ3) is 2.04. The molecule has 16 heavy (non-hydrogen) atoms. The fourth-order valence-electron chi connectivity index (χ4n) is 2.24. The van der Waals surface area contributed by atoms with Crippen LogP contribution in [0.25, 0.3) is 0 Å². The van der Waals surface area contributed by atoms with E-state index in [1.165, 1.54) is 6.42 Å². The Bertz CT molecular complexity index is 403. The summed E-state index contributed by atoms with van der Waals surface area (Å²) in [5.74, 6) is 1.27. The van der Waals surface area contributed by atoms with Gasteiger partial charge in [-0.2, -0.15) is 0 Å². The highest BCUT2D eigenvalue weighted by Crippen LogP contribution is 2.57. The molecule has 0 amide bonds. The lowest BCUT2D eigenvalue weighted by Gasteiger charge is -2.15. The lowest BCUT2D eigenvalue weighted by Crippen LogP contribution is -2.15. The fourth-order valence-corrected chi connectivity index (χ4v) is 2.43. The Morgan fingerprint density at radius 2 is 2.12 bits per heavy atom. The monoisotopic (exact) mass is 239 g/mol. The highest BCUT2D eigenvalue weighted by molar-refractivity contribution is 6.32. The quantitative estimate of drug-likeness (QED) is 0.878. The van der Waals surface area contributed by atoms with Gasteiger partial charge in [0.25, 0.3) is 0 Å². The van der Waals surface area contributed by atoms with E-state index < -0.39 is 0 Å². The summed E-state index contributed by atoms with van der Waals surface area (Å²) in [4.78, 5) is 0. The van der Waals surface area contributed by atoms with Gasteiger partial charge in [-0.25, -0.2) is 0 Å². The van der Waals surface area contributed by atoms with E-state index in [2.05, 4.69) is 13.8 Å². The molecule has 88 valence electrons. The molecule has 0 heterocycles. The second-order valence-corrected chi connectivity index (χ2v) is 5.63. The molecule has 0 aliphatic heterocycles. The lowest BCUT2D eigenvalue weighted by atomic mass is 9.98. The summed E-state index contributed by atoms with van der Waals surface area (Å²) < 4.78 is 5.20. The van der Waals surface area contributed by atoms with Gasteiger partial charge in [0.15, 0.2) is 0 Å². The van der Waals surface area contributed by atoms with Crippen LogP contribution in [0.4, 0.5) is 0 Å². The lowest BCUT2D eigenvalue weighted by molar-refractivity contribution is 0.412. The van der Waals surface area contributed by atoms with Gasteiger partial charge in [-0.15, -0.1) is 0 Å². The van der Waals surface area contributed by atoms with Crippen LogP contribution in [0, 0.1) is 11.3 Å². The maximum atomic E-state index is 6.25. The standard InChI is InChI=1S/C13H18ClNO/c1-13(2)7-9(13)12(15)8-4-5-10(14)11(6-8)16-3/h4-6,9,12H,7,15H2,1-3H3. The van der Waals surface area contributed by atoms with Gasteiger partial charge in [0.1, 0.15) is 5.75 Å².